The van der Waals surface area contributed by atoms with Crippen LogP contribution in [0.25, 0.3) is 0 Å². The predicted octanol–water partition coefficient (Wildman–Crippen LogP) is 1.47. The smallest absolute Gasteiger partial charge is 0.243 e. The van der Waals surface area contributed by atoms with Crippen LogP contribution in [0, 0.1) is 6.92 Å². The van der Waals surface area contributed by atoms with Crippen LogP contribution in [0.5, 0.6) is 0 Å². The number of nitrogens with two attached hydrogens (primary N) is 1. The molecule has 0 fully saturated rings. The third-order valence-electron chi connectivity index (χ3n) is 2.28. The minimum absolute atomic E-state index is 0.262. The fraction of sp³-hybridized carbons (Fsp3) is 0.400. The van der Waals surface area contributed by atoms with Gasteiger partial charge in [0.05, 0.1) is 4.90 Å². The van der Waals surface area contributed by atoms with Gasteiger partial charge in [-0.3, -0.25) is 0 Å². The molecule has 0 saturated heterocycles. The first-order valence-corrected chi connectivity index (χ1v) is 6.95. The molecule has 2 N–H and O–H groups in total. The summed E-state index contributed by atoms with van der Waals surface area (Å²) in [4.78, 5) is 0.262. The van der Waals surface area contributed by atoms with Gasteiger partial charge in [-0.25, -0.2) is 12.7 Å². The molecule has 4 nitrogen and oxygen atoms in total. The van der Waals surface area contributed by atoms with Crippen molar-refractivity contribution in [1.82, 2.24) is 4.31 Å². The van der Waals surface area contributed by atoms with E-state index in [-0.39, 0.29) is 4.90 Å². The Labute approximate surface area is 105 Å². The second-order valence-corrected chi connectivity index (χ2v) is 6.63. The van der Waals surface area contributed by atoms with Gasteiger partial charge in [0.1, 0.15) is 0 Å². The van der Waals surface area contributed by atoms with Gasteiger partial charge in [0.15, 0.2) is 0 Å². The lowest BCUT2D eigenvalue weighted by Crippen LogP contribution is -2.23. The number of hydrogen-bond donors (Lipinski definition) is 1. The van der Waals surface area contributed by atoms with E-state index in [0.29, 0.717) is 11.0 Å². The van der Waals surface area contributed by atoms with Crippen molar-refractivity contribution >= 4 is 26.0 Å². The molecule has 1 rings (SSSR count). The van der Waals surface area contributed by atoms with Crippen LogP contribution in [0.4, 0.5) is 0 Å². The molecule has 0 aliphatic rings. The second kappa shape index (κ2) is 4.83. The van der Waals surface area contributed by atoms with Gasteiger partial charge < -0.3 is 5.73 Å². The fourth-order valence-electron chi connectivity index (χ4n) is 1.31. The first-order valence-electron chi connectivity index (χ1n) is 4.72. The van der Waals surface area contributed by atoms with Crippen LogP contribution in [0.1, 0.15) is 11.1 Å². The van der Waals surface area contributed by atoms with Crippen LogP contribution in [-0.2, 0) is 16.6 Å². The standard InChI is InChI=1S/C10H15BrN2O2S/c1-7-4-8(6-12)5-9(10(7)11)16(14,15)13(2)3/h4-5H,6,12H2,1-3H3. The van der Waals surface area contributed by atoms with Crippen LogP contribution >= 0.6 is 15.9 Å². The number of halogens is 1. The molecule has 0 atom stereocenters. The number of hydrogen-bond acceptors (Lipinski definition) is 3. The van der Waals surface area contributed by atoms with E-state index in [4.69, 9.17) is 5.73 Å². The van der Waals surface area contributed by atoms with Crippen molar-refractivity contribution in [2.75, 3.05) is 14.1 Å². The minimum atomic E-state index is -3.43. The van der Waals surface area contributed by atoms with Gasteiger partial charge in [-0.05, 0) is 40.0 Å². The molecule has 1 aromatic rings. The Hall–Kier alpha value is -0.430. The maximum atomic E-state index is 12.0. The molecule has 0 aliphatic carbocycles. The van der Waals surface area contributed by atoms with E-state index in [0.717, 1.165) is 11.1 Å². The lowest BCUT2D eigenvalue weighted by Gasteiger charge is -2.15. The number of nitrogens with zero attached hydrogens (tertiary/aromatic N) is 1. The van der Waals surface area contributed by atoms with Gasteiger partial charge in [-0.2, -0.15) is 0 Å². The quantitative estimate of drug-likeness (QED) is 0.919. The summed E-state index contributed by atoms with van der Waals surface area (Å²) in [5, 5.41) is 0. The Morgan fingerprint density at radius 1 is 1.38 bits per heavy atom. The van der Waals surface area contributed by atoms with E-state index in [9.17, 15) is 8.42 Å². The van der Waals surface area contributed by atoms with Crippen molar-refractivity contribution in [3.8, 4) is 0 Å². The van der Waals surface area contributed by atoms with E-state index in [2.05, 4.69) is 15.9 Å². The zero-order chi connectivity index (χ0) is 12.5. The summed E-state index contributed by atoms with van der Waals surface area (Å²) in [6.45, 7) is 2.17. The summed E-state index contributed by atoms with van der Waals surface area (Å²) in [5.41, 5.74) is 7.20. The lowest BCUT2D eigenvalue weighted by molar-refractivity contribution is 0.520. The minimum Gasteiger partial charge on any atom is -0.326 e. The highest BCUT2D eigenvalue weighted by atomic mass is 79.9. The average Bonchev–Trinajstić information content (AvgIpc) is 2.21. The second-order valence-electron chi connectivity index (χ2n) is 3.72. The molecule has 0 spiro atoms. The maximum Gasteiger partial charge on any atom is 0.243 e. The van der Waals surface area contributed by atoms with Gasteiger partial charge in [0.2, 0.25) is 10.0 Å². The molecular weight excluding hydrogens is 292 g/mol. The molecule has 0 aliphatic heterocycles. The zero-order valence-corrected chi connectivity index (χ0v) is 11.9. The van der Waals surface area contributed by atoms with Crippen LogP contribution in [0.2, 0.25) is 0 Å². The van der Waals surface area contributed by atoms with Gasteiger partial charge in [0.25, 0.3) is 0 Å². The summed E-state index contributed by atoms with van der Waals surface area (Å²) in [6.07, 6.45) is 0. The van der Waals surface area contributed by atoms with E-state index in [1.165, 1.54) is 18.4 Å². The fourth-order valence-corrected chi connectivity index (χ4v) is 3.24. The molecule has 6 heteroatoms. The number of benzene rings is 1. The Morgan fingerprint density at radius 2 is 1.94 bits per heavy atom. The van der Waals surface area contributed by atoms with Crippen molar-refractivity contribution in [2.24, 2.45) is 5.73 Å². The van der Waals surface area contributed by atoms with Crippen molar-refractivity contribution in [3.05, 3.63) is 27.7 Å². The van der Waals surface area contributed by atoms with Crippen LogP contribution < -0.4 is 5.73 Å². The summed E-state index contributed by atoms with van der Waals surface area (Å²) in [7, 11) is -0.419. The molecule has 0 radical (unpaired) electrons. The molecule has 0 bridgehead atoms. The van der Waals surface area contributed by atoms with E-state index < -0.39 is 10.0 Å². The van der Waals surface area contributed by atoms with E-state index in [1.807, 2.05) is 13.0 Å². The molecule has 16 heavy (non-hydrogen) atoms. The van der Waals surface area contributed by atoms with Gasteiger partial charge in [-0.15, -0.1) is 0 Å². The number of rotatable bonds is 3. The molecule has 0 heterocycles. The van der Waals surface area contributed by atoms with Gasteiger partial charge in [-0.1, -0.05) is 6.07 Å². The highest BCUT2D eigenvalue weighted by molar-refractivity contribution is 9.10. The van der Waals surface area contributed by atoms with Crippen molar-refractivity contribution in [1.29, 1.82) is 0 Å². The van der Waals surface area contributed by atoms with E-state index in [1.54, 1.807) is 6.07 Å². The Morgan fingerprint density at radius 3 is 2.38 bits per heavy atom. The van der Waals surface area contributed by atoms with Crippen LogP contribution in [-0.4, -0.2) is 26.8 Å². The first kappa shape index (κ1) is 13.6. The number of sulfonamides is 1. The van der Waals surface area contributed by atoms with Crippen molar-refractivity contribution in [3.63, 3.8) is 0 Å². The van der Waals surface area contributed by atoms with Gasteiger partial charge in [0, 0.05) is 25.1 Å². The molecule has 0 amide bonds. The summed E-state index contributed by atoms with van der Waals surface area (Å²) in [5.74, 6) is 0. The largest absolute Gasteiger partial charge is 0.326 e. The average molecular weight is 307 g/mol. The summed E-state index contributed by atoms with van der Waals surface area (Å²) < 4.78 is 25.8. The highest BCUT2D eigenvalue weighted by Gasteiger charge is 2.21. The molecule has 0 saturated carbocycles. The third kappa shape index (κ3) is 2.45. The molecular formula is C10H15BrN2O2S. The maximum absolute atomic E-state index is 12.0. The van der Waals surface area contributed by atoms with Crippen molar-refractivity contribution in [2.45, 2.75) is 18.4 Å². The lowest BCUT2D eigenvalue weighted by atomic mass is 10.1. The van der Waals surface area contributed by atoms with Crippen molar-refractivity contribution < 1.29 is 8.42 Å². The summed E-state index contributed by atoms with van der Waals surface area (Å²) >= 11 is 3.30. The predicted molar refractivity (Wildman–Crippen MR) is 67.6 cm³/mol. The highest BCUT2D eigenvalue weighted by Crippen LogP contribution is 2.28. The Bertz CT molecular complexity index is 498. The SMILES string of the molecule is Cc1cc(CN)cc(S(=O)(=O)N(C)C)c1Br. The molecule has 1 aromatic carbocycles. The Kier molecular flexibility index (Phi) is 4.12. The molecule has 0 aromatic heterocycles. The number of aryl methyl sites for hydroxylation is 1. The third-order valence-corrected chi connectivity index (χ3v) is 5.43. The van der Waals surface area contributed by atoms with Crippen LogP contribution in [0.3, 0.4) is 0 Å². The first-order chi connectivity index (χ1) is 7.30. The molecule has 0 unspecified atom stereocenters. The molecule has 90 valence electrons. The normalized spacial score (nSPS) is 12.1. The van der Waals surface area contributed by atoms with Crippen LogP contribution in [0.15, 0.2) is 21.5 Å². The topological polar surface area (TPSA) is 63.4 Å². The summed E-state index contributed by atoms with van der Waals surface area (Å²) in [6, 6.07) is 3.48. The zero-order valence-electron chi connectivity index (χ0n) is 9.49. The van der Waals surface area contributed by atoms with Gasteiger partial charge >= 0.3 is 0 Å². The van der Waals surface area contributed by atoms with E-state index >= 15 is 0 Å². The Balaban J connectivity index is 3.51. The monoisotopic (exact) mass is 306 g/mol.